The Hall–Kier alpha value is -0.810. The molecule has 0 aromatic heterocycles. The number of piperazine rings is 1. The van der Waals surface area contributed by atoms with E-state index >= 15 is 0 Å². The van der Waals surface area contributed by atoms with Crippen LogP contribution in [0.15, 0.2) is 0 Å². The monoisotopic (exact) mass is 269 g/mol. The van der Waals surface area contributed by atoms with Crippen LogP contribution < -0.4 is 5.73 Å². The molecule has 2 heterocycles. The predicted molar refractivity (Wildman–Crippen MR) is 75.0 cm³/mol. The summed E-state index contributed by atoms with van der Waals surface area (Å²) in [7, 11) is 0. The molecule has 2 N–H and O–H groups in total. The van der Waals surface area contributed by atoms with Crippen LogP contribution in [0.25, 0.3) is 0 Å². The average Bonchev–Trinajstić information content (AvgIpc) is 2.35. The van der Waals surface area contributed by atoms with Crippen molar-refractivity contribution in [3.05, 3.63) is 0 Å². The molecule has 0 aliphatic carbocycles. The number of carbonyl (C=O) groups excluding carboxylic acids is 1. The van der Waals surface area contributed by atoms with Gasteiger partial charge in [0, 0.05) is 25.7 Å². The van der Waals surface area contributed by atoms with E-state index in [1.165, 1.54) is 19.3 Å². The molecule has 0 radical (unpaired) electrons. The van der Waals surface area contributed by atoms with Crippen molar-refractivity contribution in [2.45, 2.75) is 57.7 Å². The number of nitrogens with zero attached hydrogens (tertiary/aromatic N) is 2. The zero-order chi connectivity index (χ0) is 14.0. The number of rotatable bonds is 1. The molecule has 2 saturated heterocycles. The van der Waals surface area contributed by atoms with Crippen LogP contribution in [0.3, 0.4) is 0 Å². The Labute approximate surface area is 116 Å². The second-order valence-electron chi connectivity index (χ2n) is 6.67. The number of fused-ring (bicyclic) bond motifs is 1. The number of hydrogen-bond acceptors (Lipinski definition) is 4. The van der Waals surface area contributed by atoms with Gasteiger partial charge in [-0.15, -0.1) is 0 Å². The lowest BCUT2D eigenvalue weighted by Gasteiger charge is -2.48. The third kappa shape index (κ3) is 3.60. The summed E-state index contributed by atoms with van der Waals surface area (Å²) in [6, 6.07) is 0.577. The van der Waals surface area contributed by atoms with E-state index in [9.17, 15) is 4.79 Å². The summed E-state index contributed by atoms with van der Waals surface area (Å²) in [5.74, 6) is 0. The average molecular weight is 269 g/mol. The molecule has 2 atom stereocenters. The van der Waals surface area contributed by atoms with Crippen molar-refractivity contribution in [1.29, 1.82) is 0 Å². The van der Waals surface area contributed by atoms with E-state index in [0.29, 0.717) is 12.6 Å². The predicted octanol–water partition coefficient (Wildman–Crippen LogP) is 1.42. The van der Waals surface area contributed by atoms with Crippen molar-refractivity contribution < 1.29 is 9.53 Å². The second kappa shape index (κ2) is 5.67. The Morgan fingerprint density at radius 1 is 1.32 bits per heavy atom. The zero-order valence-electron chi connectivity index (χ0n) is 12.4. The molecular weight excluding hydrogens is 242 g/mol. The standard InChI is InChI=1S/C14H27N3O2/c1-14(2,3)19-13(18)17-10-11-6-4-5-7-16(11)9-12(17)8-15/h11-12H,4-10,15H2,1-3H3. The van der Waals surface area contributed by atoms with Crippen LogP contribution in [0.1, 0.15) is 40.0 Å². The Morgan fingerprint density at radius 2 is 2.05 bits per heavy atom. The van der Waals surface area contributed by atoms with Gasteiger partial charge in [0.25, 0.3) is 0 Å². The van der Waals surface area contributed by atoms with Crippen LogP contribution in [0.4, 0.5) is 4.79 Å². The van der Waals surface area contributed by atoms with E-state index in [0.717, 1.165) is 19.6 Å². The van der Waals surface area contributed by atoms with E-state index in [4.69, 9.17) is 10.5 Å². The molecule has 0 saturated carbocycles. The van der Waals surface area contributed by atoms with Crippen LogP contribution in [-0.4, -0.2) is 59.8 Å². The van der Waals surface area contributed by atoms with Gasteiger partial charge in [-0.05, 0) is 40.2 Å². The van der Waals surface area contributed by atoms with Crippen molar-refractivity contribution >= 4 is 6.09 Å². The highest BCUT2D eigenvalue weighted by atomic mass is 16.6. The Bertz CT molecular complexity index is 327. The molecule has 2 unspecified atom stereocenters. The molecule has 19 heavy (non-hydrogen) atoms. The van der Waals surface area contributed by atoms with Gasteiger partial charge in [-0.3, -0.25) is 4.90 Å². The van der Waals surface area contributed by atoms with Gasteiger partial charge >= 0.3 is 6.09 Å². The highest BCUT2D eigenvalue weighted by Gasteiger charge is 2.38. The minimum absolute atomic E-state index is 0.0872. The topological polar surface area (TPSA) is 58.8 Å². The first-order valence-electron chi connectivity index (χ1n) is 7.34. The molecule has 2 aliphatic rings. The molecule has 0 aromatic carbocycles. The molecule has 5 nitrogen and oxygen atoms in total. The maximum atomic E-state index is 12.3. The molecule has 0 spiro atoms. The molecule has 0 aromatic rings. The Kier molecular flexibility index (Phi) is 4.36. The highest BCUT2D eigenvalue weighted by Crippen LogP contribution is 2.25. The first kappa shape index (κ1) is 14.6. The molecule has 110 valence electrons. The number of piperidine rings is 1. The minimum atomic E-state index is -0.445. The van der Waals surface area contributed by atoms with E-state index in [2.05, 4.69) is 4.90 Å². The zero-order valence-corrected chi connectivity index (χ0v) is 12.4. The normalized spacial score (nSPS) is 28.9. The smallest absolute Gasteiger partial charge is 0.410 e. The summed E-state index contributed by atoms with van der Waals surface area (Å²) in [4.78, 5) is 16.6. The summed E-state index contributed by atoms with van der Waals surface area (Å²) in [5.41, 5.74) is 5.40. The largest absolute Gasteiger partial charge is 0.444 e. The summed E-state index contributed by atoms with van der Waals surface area (Å²) in [6.07, 6.45) is 3.49. The molecule has 2 aliphatic heterocycles. The van der Waals surface area contributed by atoms with E-state index in [1.54, 1.807) is 0 Å². The fourth-order valence-corrected chi connectivity index (χ4v) is 3.00. The molecule has 1 amide bonds. The van der Waals surface area contributed by atoms with Gasteiger partial charge < -0.3 is 15.4 Å². The van der Waals surface area contributed by atoms with E-state index < -0.39 is 5.60 Å². The number of ether oxygens (including phenoxy) is 1. The SMILES string of the molecule is CC(C)(C)OC(=O)N1CC2CCCCN2CC1CN. The lowest BCUT2D eigenvalue weighted by Crippen LogP contribution is -2.63. The number of nitrogens with two attached hydrogens (primary N) is 1. The van der Waals surface area contributed by atoms with Gasteiger partial charge in [0.1, 0.15) is 5.60 Å². The first-order chi connectivity index (χ1) is 8.90. The fraction of sp³-hybridized carbons (Fsp3) is 0.929. The lowest BCUT2D eigenvalue weighted by atomic mass is 9.97. The number of hydrogen-bond donors (Lipinski definition) is 1. The summed E-state index contributed by atoms with van der Waals surface area (Å²) in [6.45, 7) is 9.00. The maximum Gasteiger partial charge on any atom is 0.410 e. The van der Waals surface area contributed by atoms with E-state index in [-0.39, 0.29) is 12.1 Å². The van der Waals surface area contributed by atoms with Crippen LogP contribution >= 0.6 is 0 Å². The summed E-state index contributed by atoms with van der Waals surface area (Å²) in [5, 5.41) is 0. The Morgan fingerprint density at radius 3 is 2.68 bits per heavy atom. The molecule has 2 rings (SSSR count). The lowest BCUT2D eigenvalue weighted by molar-refractivity contribution is -0.0217. The van der Waals surface area contributed by atoms with Crippen molar-refractivity contribution in [2.75, 3.05) is 26.2 Å². The van der Waals surface area contributed by atoms with Gasteiger partial charge in [0.05, 0.1) is 6.04 Å². The molecular formula is C14H27N3O2. The van der Waals surface area contributed by atoms with E-state index in [1.807, 2.05) is 25.7 Å². The minimum Gasteiger partial charge on any atom is -0.444 e. The van der Waals surface area contributed by atoms with Crippen LogP contribution in [0.5, 0.6) is 0 Å². The third-order valence-electron chi connectivity index (χ3n) is 3.94. The first-order valence-corrected chi connectivity index (χ1v) is 7.34. The quantitative estimate of drug-likeness (QED) is 0.782. The maximum absolute atomic E-state index is 12.3. The van der Waals surface area contributed by atoms with Gasteiger partial charge in [-0.1, -0.05) is 6.42 Å². The number of carbonyl (C=O) groups is 1. The summed E-state index contributed by atoms with van der Waals surface area (Å²) < 4.78 is 5.50. The molecule has 2 fully saturated rings. The van der Waals surface area contributed by atoms with Crippen molar-refractivity contribution in [1.82, 2.24) is 9.80 Å². The molecule has 5 heteroatoms. The van der Waals surface area contributed by atoms with Crippen LogP contribution in [0, 0.1) is 0 Å². The van der Waals surface area contributed by atoms with Crippen LogP contribution in [0.2, 0.25) is 0 Å². The van der Waals surface area contributed by atoms with Gasteiger partial charge in [0.2, 0.25) is 0 Å². The highest BCUT2D eigenvalue weighted by molar-refractivity contribution is 5.69. The van der Waals surface area contributed by atoms with Crippen LogP contribution in [-0.2, 0) is 4.74 Å². The Balaban J connectivity index is 2.03. The molecule has 0 bridgehead atoms. The number of amides is 1. The fourth-order valence-electron chi connectivity index (χ4n) is 3.00. The third-order valence-corrected chi connectivity index (χ3v) is 3.94. The summed E-state index contributed by atoms with van der Waals surface area (Å²) >= 11 is 0. The van der Waals surface area contributed by atoms with Crippen molar-refractivity contribution in [3.63, 3.8) is 0 Å². The van der Waals surface area contributed by atoms with Gasteiger partial charge in [0.15, 0.2) is 0 Å². The van der Waals surface area contributed by atoms with Gasteiger partial charge in [-0.2, -0.15) is 0 Å². The van der Waals surface area contributed by atoms with Crippen molar-refractivity contribution in [2.24, 2.45) is 5.73 Å². The van der Waals surface area contributed by atoms with Gasteiger partial charge in [-0.25, -0.2) is 4.79 Å². The second-order valence-corrected chi connectivity index (χ2v) is 6.67. The van der Waals surface area contributed by atoms with Crippen molar-refractivity contribution in [3.8, 4) is 0 Å².